The fraction of sp³-hybridized carbons (Fsp3) is 0.400. The molecule has 0 bridgehead atoms. The minimum Gasteiger partial charge on any atom is -0.396 e. The Morgan fingerprint density at radius 1 is 1.30 bits per heavy atom. The summed E-state index contributed by atoms with van der Waals surface area (Å²) in [5, 5.41) is 14.6. The molecule has 8 nitrogen and oxygen atoms in total. The van der Waals surface area contributed by atoms with Crippen molar-refractivity contribution in [2.75, 3.05) is 5.73 Å². The summed E-state index contributed by atoms with van der Waals surface area (Å²) in [6.07, 6.45) is 3.92. The Kier molecular flexibility index (Phi) is 5.26. The molecule has 1 saturated carbocycles. The highest BCUT2D eigenvalue weighted by atomic mass is 35.5. The number of sulfonamides is 1. The number of imidazole rings is 1. The highest BCUT2D eigenvalue weighted by Crippen LogP contribution is 2.31. The predicted molar refractivity (Wildman–Crippen MR) is 116 cm³/mol. The number of aromatic nitrogens is 3. The van der Waals surface area contributed by atoms with Crippen molar-refractivity contribution in [3.8, 4) is 11.3 Å². The van der Waals surface area contributed by atoms with Crippen molar-refractivity contribution in [2.24, 2.45) is 0 Å². The number of aryl methyl sites for hydroxylation is 1. The van der Waals surface area contributed by atoms with Crippen molar-refractivity contribution in [3.63, 3.8) is 0 Å². The molecule has 1 fully saturated rings. The normalized spacial score (nSPS) is 22.5. The van der Waals surface area contributed by atoms with E-state index in [1.54, 1.807) is 31.3 Å². The highest BCUT2D eigenvalue weighted by Gasteiger charge is 2.31. The van der Waals surface area contributed by atoms with E-state index in [0.29, 0.717) is 48.3 Å². The zero-order valence-electron chi connectivity index (χ0n) is 16.8. The number of nitrogen functional groups attached to an aromatic ring is 1. The summed E-state index contributed by atoms with van der Waals surface area (Å²) in [6, 6.07) is 6.27. The molecule has 0 spiro atoms. The first-order valence-electron chi connectivity index (χ1n) is 9.71. The molecule has 0 aliphatic heterocycles. The quantitative estimate of drug-likeness (QED) is 0.562. The Morgan fingerprint density at radius 3 is 2.70 bits per heavy atom. The van der Waals surface area contributed by atoms with Crippen LogP contribution in [0.25, 0.3) is 16.9 Å². The van der Waals surface area contributed by atoms with Gasteiger partial charge in [-0.2, -0.15) is 5.10 Å². The maximum Gasteiger partial charge on any atom is 0.240 e. The topological polar surface area (TPSA) is 123 Å². The molecule has 0 radical (unpaired) electrons. The summed E-state index contributed by atoms with van der Waals surface area (Å²) in [5.74, 6) is 0. The van der Waals surface area contributed by atoms with Crippen LogP contribution in [0.2, 0.25) is 5.15 Å². The number of hydrogen-bond acceptors (Lipinski definition) is 6. The lowest BCUT2D eigenvalue weighted by Crippen LogP contribution is -2.42. The number of anilines is 1. The third-order valence-electron chi connectivity index (χ3n) is 5.65. The fourth-order valence-electron chi connectivity index (χ4n) is 3.83. The standard InChI is InChI=1S/C20H24ClN5O3S/c1-12-3-4-14(30(28,29)25-13-5-7-20(2,27)8-6-13)9-15(12)17-11-23-19-16(22)10-18(21)24-26(17)19/h3-4,9-11,13,25,27H,5-8,22H2,1-2H3/t13-,20+. The smallest absolute Gasteiger partial charge is 0.240 e. The summed E-state index contributed by atoms with van der Waals surface area (Å²) in [6.45, 7) is 3.67. The number of benzene rings is 1. The molecule has 1 aliphatic carbocycles. The first-order valence-corrected chi connectivity index (χ1v) is 11.6. The van der Waals surface area contributed by atoms with Gasteiger partial charge in [0.15, 0.2) is 10.8 Å². The van der Waals surface area contributed by atoms with Crippen molar-refractivity contribution in [2.45, 2.75) is 56.1 Å². The Morgan fingerprint density at radius 2 is 2.00 bits per heavy atom. The molecular weight excluding hydrogens is 426 g/mol. The summed E-state index contributed by atoms with van der Waals surface area (Å²) < 4.78 is 30.3. The van der Waals surface area contributed by atoms with Gasteiger partial charge in [0.25, 0.3) is 0 Å². The van der Waals surface area contributed by atoms with Gasteiger partial charge in [-0.3, -0.25) is 0 Å². The van der Waals surface area contributed by atoms with Crippen LogP contribution in [0.3, 0.4) is 0 Å². The fourth-order valence-corrected chi connectivity index (χ4v) is 5.36. The molecule has 4 N–H and O–H groups in total. The van der Waals surface area contributed by atoms with E-state index in [9.17, 15) is 13.5 Å². The lowest BCUT2D eigenvalue weighted by Gasteiger charge is -2.33. The number of fused-ring (bicyclic) bond motifs is 1. The molecule has 0 unspecified atom stereocenters. The molecule has 2 heterocycles. The molecular formula is C20H24ClN5O3S. The van der Waals surface area contributed by atoms with Crippen LogP contribution in [0.15, 0.2) is 35.4 Å². The van der Waals surface area contributed by atoms with Crippen molar-refractivity contribution >= 4 is 33.0 Å². The average Bonchev–Trinajstić information content (AvgIpc) is 3.07. The van der Waals surface area contributed by atoms with E-state index in [1.807, 2.05) is 6.92 Å². The van der Waals surface area contributed by atoms with Crippen LogP contribution < -0.4 is 10.5 Å². The monoisotopic (exact) mass is 449 g/mol. The van der Waals surface area contributed by atoms with Gasteiger partial charge in [0, 0.05) is 17.7 Å². The van der Waals surface area contributed by atoms with Gasteiger partial charge in [-0.1, -0.05) is 17.7 Å². The van der Waals surface area contributed by atoms with E-state index < -0.39 is 15.6 Å². The maximum atomic E-state index is 13.0. The second-order valence-corrected chi connectivity index (χ2v) is 10.3. The Hall–Kier alpha value is -2.20. The van der Waals surface area contributed by atoms with Gasteiger partial charge in [-0.25, -0.2) is 22.6 Å². The second-order valence-electron chi connectivity index (χ2n) is 8.17. The molecule has 2 aromatic heterocycles. The minimum atomic E-state index is -3.73. The highest BCUT2D eigenvalue weighted by molar-refractivity contribution is 7.89. The van der Waals surface area contributed by atoms with Crippen molar-refractivity contribution < 1.29 is 13.5 Å². The molecule has 30 heavy (non-hydrogen) atoms. The maximum absolute atomic E-state index is 13.0. The van der Waals surface area contributed by atoms with Crippen molar-refractivity contribution in [1.29, 1.82) is 0 Å². The van der Waals surface area contributed by atoms with Crippen LogP contribution in [0, 0.1) is 6.92 Å². The van der Waals surface area contributed by atoms with E-state index in [1.165, 1.54) is 10.6 Å². The first-order chi connectivity index (χ1) is 14.1. The first kappa shape index (κ1) is 21.0. The van der Waals surface area contributed by atoms with Crippen LogP contribution >= 0.6 is 11.6 Å². The van der Waals surface area contributed by atoms with Gasteiger partial charge >= 0.3 is 0 Å². The number of hydrogen-bond donors (Lipinski definition) is 3. The second kappa shape index (κ2) is 7.49. The van der Waals surface area contributed by atoms with Gasteiger partial charge < -0.3 is 10.8 Å². The molecule has 0 amide bonds. The number of nitrogens with zero attached hydrogens (tertiary/aromatic N) is 3. The molecule has 3 aromatic rings. The van der Waals surface area contributed by atoms with Crippen molar-refractivity contribution in [1.82, 2.24) is 19.3 Å². The summed E-state index contributed by atoms with van der Waals surface area (Å²) in [4.78, 5) is 4.46. The van der Waals surface area contributed by atoms with Crippen molar-refractivity contribution in [3.05, 3.63) is 41.2 Å². The van der Waals surface area contributed by atoms with Crippen LogP contribution in [0.4, 0.5) is 5.69 Å². The van der Waals surface area contributed by atoms with Crippen LogP contribution in [-0.2, 0) is 10.0 Å². The Labute approximate surface area is 180 Å². The van der Waals surface area contributed by atoms with Crippen LogP contribution in [-0.4, -0.2) is 39.8 Å². The molecule has 10 heteroatoms. The van der Waals surface area contributed by atoms with E-state index in [2.05, 4.69) is 14.8 Å². The van der Waals surface area contributed by atoms with Gasteiger partial charge in [0.05, 0.1) is 28.1 Å². The largest absolute Gasteiger partial charge is 0.396 e. The molecule has 0 atom stereocenters. The minimum absolute atomic E-state index is 0.158. The lowest BCUT2D eigenvalue weighted by molar-refractivity contribution is 0.0163. The van der Waals surface area contributed by atoms with Gasteiger partial charge in [-0.15, -0.1) is 0 Å². The third-order valence-corrected chi connectivity index (χ3v) is 7.35. The summed E-state index contributed by atoms with van der Waals surface area (Å²) >= 11 is 6.05. The predicted octanol–water partition coefficient (Wildman–Crippen LogP) is 2.91. The number of halogens is 1. The van der Waals surface area contributed by atoms with Gasteiger partial charge in [-0.05, 0) is 57.2 Å². The van der Waals surface area contributed by atoms with Gasteiger partial charge in [0.2, 0.25) is 10.0 Å². The zero-order chi connectivity index (χ0) is 21.7. The summed E-state index contributed by atoms with van der Waals surface area (Å²) in [5.41, 5.74) is 8.23. The molecule has 0 saturated heterocycles. The number of nitrogens with two attached hydrogens (primary N) is 1. The molecule has 160 valence electrons. The van der Waals surface area contributed by atoms with E-state index >= 15 is 0 Å². The number of aliphatic hydroxyl groups is 1. The third kappa shape index (κ3) is 4.02. The Balaban J connectivity index is 1.69. The Bertz CT molecular complexity index is 1210. The van der Waals surface area contributed by atoms with Crippen LogP contribution in [0.5, 0.6) is 0 Å². The molecule has 1 aliphatic rings. The van der Waals surface area contributed by atoms with Crippen LogP contribution in [0.1, 0.15) is 38.2 Å². The summed E-state index contributed by atoms with van der Waals surface area (Å²) in [7, 11) is -3.73. The average molecular weight is 450 g/mol. The van der Waals surface area contributed by atoms with Gasteiger partial charge in [0.1, 0.15) is 0 Å². The van der Waals surface area contributed by atoms with E-state index in [4.69, 9.17) is 17.3 Å². The molecule has 1 aromatic carbocycles. The number of nitrogens with one attached hydrogen (secondary N) is 1. The zero-order valence-corrected chi connectivity index (χ0v) is 18.3. The molecule has 4 rings (SSSR count). The number of rotatable bonds is 4. The lowest BCUT2D eigenvalue weighted by atomic mass is 9.84. The van der Waals surface area contributed by atoms with E-state index in [-0.39, 0.29) is 16.1 Å². The van der Waals surface area contributed by atoms with E-state index in [0.717, 1.165) is 5.56 Å². The SMILES string of the molecule is Cc1ccc(S(=O)(=O)N[C@H]2CC[C@@](C)(O)CC2)cc1-c1cnc2c(N)cc(Cl)nn12.